The first-order valence-electron chi connectivity index (χ1n) is 8.26. The Morgan fingerprint density at radius 1 is 1.04 bits per heavy atom. The first kappa shape index (κ1) is 18.2. The number of rotatable bonds is 6. The van der Waals surface area contributed by atoms with E-state index in [2.05, 4.69) is 20.5 Å². The Hall–Kier alpha value is -3.61. The molecule has 3 aromatic rings. The minimum Gasteiger partial charge on any atom is -0.507 e. The van der Waals surface area contributed by atoms with E-state index in [-0.39, 0.29) is 5.75 Å². The highest BCUT2D eigenvalue weighted by Crippen LogP contribution is 2.27. The van der Waals surface area contributed by atoms with E-state index in [4.69, 9.17) is 9.47 Å². The van der Waals surface area contributed by atoms with Crippen LogP contribution in [-0.4, -0.2) is 35.5 Å². The maximum absolute atomic E-state index is 10.0. The Labute approximate surface area is 157 Å². The molecule has 138 valence electrons. The zero-order valence-corrected chi connectivity index (χ0v) is 15.3. The molecule has 0 saturated heterocycles. The standard InChI is InChI=1S/C20H20N4O3/c1-13-10-19(23-20(22-13)16-6-4-5-7-17(16)25)24-21-12-14-8-9-15(26-2)11-18(14)27-3/h4-12,25H,1-3H3,(H,22,23,24)/b21-12+. The van der Waals surface area contributed by atoms with Gasteiger partial charge in [-0.15, -0.1) is 0 Å². The number of benzene rings is 2. The molecule has 0 saturated carbocycles. The van der Waals surface area contributed by atoms with Crippen LogP contribution in [0.2, 0.25) is 0 Å². The highest BCUT2D eigenvalue weighted by Gasteiger charge is 2.09. The van der Waals surface area contributed by atoms with E-state index in [1.165, 1.54) is 0 Å². The number of phenols is 1. The van der Waals surface area contributed by atoms with Crippen LogP contribution in [0.1, 0.15) is 11.3 Å². The van der Waals surface area contributed by atoms with E-state index in [0.29, 0.717) is 28.7 Å². The SMILES string of the molecule is COc1ccc(/C=N/Nc2cc(C)nc(-c3ccccc3O)n2)c(OC)c1. The van der Waals surface area contributed by atoms with Gasteiger partial charge in [0.2, 0.25) is 0 Å². The zero-order valence-electron chi connectivity index (χ0n) is 15.3. The van der Waals surface area contributed by atoms with Crippen LogP contribution < -0.4 is 14.9 Å². The molecule has 7 nitrogen and oxygen atoms in total. The predicted octanol–water partition coefficient (Wildman–Crippen LogP) is 3.62. The number of para-hydroxylation sites is 1. The number of aryl methyl sites for hydroxylation is 1. The summed E-state index contributed by atoms with van der Waals surface area (Å²) < 4.78 is 10.5. The Bertz CT molecular complexity index is 973. The number of anilines is 1. The van der Waals surface area contributed by atoms with Crippen molar-refractivity contribution < 1.29 is 14.6 Å². The number of phenolic OH excluding ortho intramolecular Hbond substituents is 1. The molecule has 0 aliphatic rings. The van der Waals surface area contributed by atoms with Gasteiger partial charge in [-0.25, -0.2) is 9.97 Å². The third-order valence-corrected chi connectivity index (χ3v) is 3.82. The number of aromatic hydroxyl groups is 1. The minimum absolute atomic E-state index is 0.125. The zero-order chi connectivity index (χ0) is 19.2. The number of ether oxygens (including phenoxy) is 2. The van der Waals surface area contributed by atoms with Crippen LogP contribution in [-0.2, 0) is 0 Å². The molecule has 0 radical (unpaired) electrons. The number of hydrogen-bond acceptors (Lipinski definition) is 7. The minimum atomic E-state index is 0.125. The topological polar surface area (TPSA) is 88.9 Å². The van der Waals surface area contributed by atoms with E-state index >= 15 is 0 Å². The second kappa shape index (κ2) is 8.18. The quantitative estimate of drug-likeness (QED) is 0.513. The molecule has 1 heterocycles. The lowest BCUT2D eigenvalue weighted by molar-refractivity contribution is 0.394. The fourth-order valence-electron chi connectivity index (χ4n) is 2.50. The van der Waals surface area contributed by atoms with Crippen molar-refractivity contribution in [2.24, 2.45) is 5.10 Å². The molecule has 2 N–H and O–H groups in total. The van der Waals surface area contributed by atoms with Crippen LogP contribution in [0.15, 0.2) is 53.6 Å². The average Bonchev–Trinajstić information content (AvgIpc) is 2.68. The molecule has 0 spiro atoms. The molecule has 0 fully saturated rings. The lowest BCUT2D eigenvalue weighted by Gasteiger charge is -2.08. The van der Waals surface area contributed by atoms with Crippen LogP contribution in [0.25, 0.3) is 11.4 Å². The lowest BCUT2D eigenvalue weighted by atomic mass is 10.2. The van der Waals surface area contributed by atoms with Gasteiger partial charge in [-0.1, -0.05) is 12.1 Å². The molecule has 0 unspecified atom stereocenters. The molecule has 0 amide bonds. The van der Waals surface area contributed by atoms with Gasteiger partial charge >= 0.3 is 0 Å². The maximum atomic E-state index is 10.0. The van der Waals surface area contributed by atoms with Gasteiger partial charge < -0.3 is 14.6 Å². The number of hydrogen-bond donors (Lipinski definition) is 2. The summed E-state index contributed by atoms with van der Waals surface area (Å²) in [7, 11) is 3.19. The molecule has 0 aliphatic carbocycles. The smallest absolute Gasteiger partial charge is 0.165 e. The second-order valence-corrected chi connectivity index (χ2v) is 5.71. The van der Waals surface area contributed by atoms with Crippen LogP contribution in [0, 0.1) is 6.92 Å². The highest BCUT2D eigenvalue weighted by molar-refractivity contribution is 5.84. The summed E-state index contributed by atoms with van der Waals surface area (Å²) in [5, 5.41) is 14.2. The van der Waals surface area contributed by atoms with Gasteiger partial charge in [0.15, 0.2) is 11.6 Å². The Kier molecular flexibility index (Phi) is 5.51. The van der Waals surface area contributed by atoms with Crippen LogP contribution in [0.4, 0.5) is 5.82 Å². The summed E-state index contributed by atoms with van der Waals surface area (Å²) in [6, 6.07) is 14.2. The summed E-state index contributed by atoms with van der Waals surface area (Å²) in [5.74, 6) is 2.42. The van der Waals surface area contributed by atoms with E-state index in [0.717, 1.165) is 11.3 Å². The summed E-state index contributed by atoms with van der Waals surface area (Å²) in [4.78, 5) is 8.80. The van der Waals surface area contributed by atoms with E-state index in [9.17, 15) is 5.11 Å². The number of nitrogens with zero attached hydrogens (tertiary/aromatic N) is 3. The van der Waals surface area contributed by atoms with Crippen LogP contribution in [0.3, 0.4) is 0 Å². The van der Waals surface area contributed by atoms with Gasteiger partial charge in [0.1, 0.15) is 17.2 Å². The van der Waals surface area contributed by atoms with Crippen LogP contribution >= 0.6 is 0 Å². The van der Waals surface area contributed by atoms with Crippen molar-refractivity contribution in [2.75, 3.05) is 19.6 Å². The number of aromatic nitrogens is 2. The van der Waals surface area contributed by atoms with E-state index < -0.39 is 0 Å². The first-order chi connectivity index (χ1) is 13.1. The normalized spacial score (nSPS) is 10.8. The highest BCUT2D eigenvalue weighted by atomic mass is 16.5. The molecule has 27 heavy (non-hydrogen) atoms. The van der Waals surface area contributed by atoms with Gasteiger partial charge in [0.25, 0.3) is 0 Å². The monoisotopic (exact) mass is 364 g/mol. The molecular formula is C20H20N4O3. The average molecular weight is 364 g/mol. The third kappa shape index (κ3) is 4.33. The first-order valence-corrected chi connectivity index (χ1v) is 8.26. The number of methoxy groups -OCH3 is 2. The summed E-state index contributed by atoms with van der Waals surface area (Å²) in [5.41, 5.74) is 5.00. The largest absolute Gasteiger partial charge is 0.507 e. The fraction of sp³-hybridized carbons (Fsp3) is 0.150. The van der Waals surface area contributed by atoms with Crippen molar-refractivity contribution in [1.82, 2.24) is 9.97 Å². The molecule has 2 aromatic carbocycles. The van der Waals surface area contributed by atoms with E-state index in [1.54, 1.807) is 50.8 Å². The number of hydrazone groups is 1. The molecule has 0 bridgehead atoms. The Morgan fingerprint density at radius 2 is 1.85 bits per heavy atom. The lowest BCUT2D eigenvalue weighted by Crippen LogP contribution is -2.00. The fourth-order valence-corrected chi connectivity index (χ4v) is 2.50. The second-order valence-electron chi connectivity index (χ2n) is 5.71. The van der Waals surface area contributed by atoms with Crippen LogP contribution in [0.5, 0.6) is 17.2 Å². The number of nitrogens with one attached hydrogen (secondary N) is 1. The van der Waals surface area contributed by atoms with Crippen molar-refractivity contribution >= 4 is 12.0 Å². The van der Waals surface area contributed by atoms with Gasteiger partial charge in [0, 0.05) is 23.4 Å². The predicted molar refractivity (Wildman–Crippen MR) is 105 cm³/mol. The Balaban J connectivity index is 1.83. The van der Waals surface area contributed by atoms with Gasteiger partial charge in [-0.05, 0) is 31.2 Å². The van der Waals surface area contributed by atoms with Gasteiger partial charge in [-0.2, -0.15) is 5.10 Å². The molecule has 7 heteroatoms. The summed E-state index contributed by atoms with van der Waals surface area (Å²) in [6.45, 7) is 1.85. The molecule has 1 aromatic heterocycles. The molecule has 0 aliphatic heterocycles. The summed E-state index contributed by atoms with van der Waals surface area (Å²) in [6.07, 6.45) is 1.63. The van der Waals surface area contributed by atoms with Gasteiger partial charge in [-0.3, -0.25) is 5.43 Å². The summed E-state index contributed by atoms with van der Waals surface area (Å²) >= 11 is 0. The van der Waals surface area contributed by atoms with Crippen molar-refractivity contribution in [3.63, 3.8) is 0 Å². The molecular weight excluding hydrogens is 344 g/mol. The van der Waals surface area contributed by atoms with Crippen molar-refractivity contribution in [3.05, 3.63) is 59.8 Å². The molecule has 3 rings (SSSR count). The Morgan fingerprint density at radius 3 is 2.59 bits per heavy atom. The molecule has 0 atom stereocenters. The third-order valence-electron chi connectivity index (χ3n) is 3.82. The van der Waals surface area contributed by atoms with Crippen molar-refractivity contribution in [1.29, 1.82) is 0 Å². The maximum Gasteiger partial charge on any atom is 0.165 e. The van der Waals surface area contributed by atoms with E-state index in [1.807, 2.05) is 25.1 Å². The van der Waals surface area contributed by atoms with Crippen molar-refractivity contribution in [2.45, 2.75) is 6.92 Å². The van der Waals surface area contributed by atoms with Gasteiger partial charge in [0.05, 0.1) is 26.0 Å². The van der Waals surface area contributed by atoms with Crippen molar-refractivity contribution in [3.8, 4) is 28.6 Å².